The zero-order chi connectivity index (χ0) is 15.6. The molecule has 1 fully saturated rings. The Morgan fingerprint density at radius 3 is 2.52 bits per heavy atom. The lowest BCUT2D eigenvalue weighted by molar-refractivity contribution is 0.0444. The average molecular weight is 289 g/mol. The summed E-state index contributed by atoms with van der Waals surface area (Å²) in [6.45, 7) is 10.2. The Labute approximate surface area is 128 Å². The van der Waals surface area contributed by atoms with E-state index in [0.717, 1.165) is 43.5 Å². The molecule has 0 aliphatic carbocycles. The van der Waals surface area contributed by atoms with Gasteiger partial charge < -0.3 is 5.11 Å². The Morgan fingerprint density at radius 1 is 1.14 bits per heavy atom. The van der Waals surface area contributed by atoms with Crippen molar-refractivity contribution in [3.63, 3.8) is 0 Å². The quantitative estimate of drug-likeness (QED) is 0.870. The third-order valence-electron chi connectivity index (χ3n) is 4.66. The van der Waals surface area contributed by atoms with E-state index in [0.29, 0.717) is 6.54 Å². The minimum Gasteiger partial charge on any atom is -0.390 e. The number of aliphatic hydroxyl groups is 1. The van der Waals surface area contributed by atoms with Gasteiger partial charge in [-0.15, -0.1) is 0 Å². The lowest BCUT2D eigenvalue weighted by atomic mass is 9.97. The normalized spacial score (nSPS) is 23.9. The van der Waals surface area contributed by atoms with Gasteiger partial charge in [-0.1, -0.05) is 6.07 Å². The number of ketones is 1. The first-order valence-corrected chi connectivity index (χ1v) is 7.84. The Balaban J connectivity index is 2.06. The third-order valence-corrected chi connectivity index (χ3v) is 4.66. The first-order valence-electron chi connectivity index (χ1n) is 7.84. The summed E-state index contributed by atoms with van der Waals surface area (Å²) < 4.78 is 0. The van der Waals surface area contributed by atoms with Gasteiger partial charge in [0.25, 0.3) is 0 Å². The van der Waals surface area contributed by atoms with Crippen LogP contribution in [0.2, 0.25) is 0 Å². The number of carbonyl (C=O) groups is 1. The molecule has 3 nitrogen and oxygen atoms in total. The molecule has 1 unspecified atom stereocenters. The molecular weight excluding hydrogens is 262 g/mol. The van der Waals surface area contributed by atoms with Gasteiger partial charge in [-0.25, -0.2) is 0 Å². The fraction of sp³-hybridized carbons (Fsp3) is 0.611. The summed E-state index contributed by atoms with van der Waals surface area (Å²) in [6.07, 6.45) is 2.51. The van der Waals surface area contributed by atoms with Crippen LogP contribution in [0.25, 0.3) is 0 Å². The van der Waals surface area contributed by atoms with Crippen molar-refractivity contribution in [3.05, 3.63) is 34.4 Å². The number of hydrogen-bond donors (Lipinski definition) is 1. The molecule has 116 valence electrons. The van der Waals surface area contributed by atoms with Crippen LogP contribution in [0.1, 0.15) is 53.2 Å². The van der Waals surface area contributed by atoms with E-state index in [4.69, 9.17) is 0 Å². The minimum atomic E-state index is -0.575. The maximum atomic E-state index is 12.6. The van der Waals surface area contributed by atoms with Crippen LogP contribution in [-0.2, 0) is 0 Å². The Bertz CT molecular complexity index is 534. The number of aryl methyl sites for hydroxylation is 3. The van der Waals surface area contributed by atoms with E-state index in [1.165, 1.54) is 11.1 Å². The van der Waals surface area contributed by atoms with Crippen LogP contribution in [0, 0.1) is 20.8 Å². The van der Waals surface area contributed by atoms with Gasteiger partial charge in [0.1, 0.15) is 0 Å². The van der Waals surface area contributed by atoms with Gasteiger partial charge in [0.15, 0.2) is 5.78 Å². The number of hydrogen-bond acceptors (Lipinski definition) is 3. The molecule has 1 heterocycles. The van der Waals surface area contributed by atoms with E-state index in [2.05, 4.69) is 24.8 Å². The highest BCUT2D eigenvalue weighted by Crippen LogP contribution is 2.22. The summed E-state index contributed by atoms with van der Waals surface area (Å²) in [5, 5.41) is 10.1. The Morgan fingerprint density at radius 2 is 1.81 bits per heavy atom. The van der Waals surface area contributed by atoms with Crippen LogP contribution >= 0.6 is 0 Å². The maximum absolute atomic E-state index is 12.6. The second-order valence-electron chi connectivity index (χ2n) is 6.80. The van der Waals surface area contributed by atoms with Crippen LogP contribution in [-0.4, -0.2) is 41.0 Å². The van der Waals surface area contributed by atoms with Gasteiger partial charge in [-0.2, -0.15) is 0 Å². The van der Waals surface area contributed by atoms with Crippen molar-refractivity contribution in [1.29, 1.82) is 0 Å². The van der Waals surface area contributed by atoms with Gasteiger partial charge >= 0.3 is 0 Å². The molecule has 0 aromatic heterocycles. The largest absolute Gasteiger partial charge is 0.390 e. The highest BCUT2D eigenvalue weighted by molar-refractivity contribution is 5.99. The van der Waals surface area contributed by atoms with Gasteiger partial charge in [-0.05, 0) is 76.3 Å². The Kier molecular flexibility index (Phi) is 4.84. The average Bonchev–Trinajstić information content (AvgIpc) is 2.55. The van der Waals surface area contributed by atoms with E-state index < -0.39 is 5.60 Å². The zero-order valence-corrected chi connectivity index (χ0v) is 13.7. The second kappa shape index (κ2) is 6.29. The van der Waals surface area contributed by atoms with Crippen molar-refractivity contribution in [2.75, 3.05) is 19.6 Å². The van der Waals surface area contributed by atoms with Crippen LogP contribution in [0.4, 0.5) is 0 Å². The SMILES string of the molecule is Cc1cc(C)c(C(=O)CN2CCCC(C)(O)CC2)cc1C. The van der Waals surface area contributed by atoms with E-state index in [-0.39, 0.29) is 5.78 Å². The molecule has 2 rings (SSSR count). The maximum Gasteiger partial charge on any atom is 0.177 e. The number of carbonyl (C=O) groups excluding carboxylic acids is 1. The molecule has 3 heteroatoms. The predicted molar refractivity (Wildman–Crippen MR) is 85.9 cm³/mol. The van der Waals surface area contributed by atoms with E-state index in [1.807, 2.05) is 19.9 Å². The summed E-state index contributed by atoms with van der Waals surface area (Å²) in [6, 6.07) is 4.11. The molecule has 0 amide bonds. The van der Waals surface area contributed by atoms with E-state index in [1.54, 1.807) is 0 Å². The molecule has 0 bridgehead atoms. The van der Waals surface area contributed by atoms with Gasteiger partial charge in [0.2, 0.25) is 0 Å². The molecule has 1 saturated heterocycles. The van der Waals surface area contributed by atoms with Crippen molar-refractivity contribution < 1.29 is 9.90 Å². The molecule has 1 aliphatic rings. The third kappa shape index (κ3) is 4.14. The van der Waals surface area contributed by atoms with Gasteiger partial charge in [-0.3, -0.25) is 9.69 Å². The molecule has 1 aromatic carbocycles. The molecule has 0 spiro atoms. The summed E-state index contributed by atoms with van der Waals surface area (Å²) in [4.78, 5) is 14.7. The molecule has 1 aromatic rings. The van der Waals surface area contributed by atoms with Crippen molar-refractivity contribution in [2.24, 2.45) is 0 Å². The summed E-state index contributed by atoms with van der Waals surface area (Å²) in [5.74, 6) is 0.192. The number of Topliss-reactive ketones (excluding diaryl/α,β-unsaturated/α-hetero) is 1. The predicted octanol–water partition coefficient (Wildman–Crippen LogP) is 3.03. The van der Waals surface area contributed by atoms with Crippen molar-refractivity contribution in [3.8, 4) is 0 Å². The first kappa shape index (κ1) is 16.2. The number of rotatable bonds is 3. The van der Waals surface area contributed by atoms with Gasteiger partial charge in [0.05, 0.1) is 12.1 Å². The highest BCUT2D eigenvalue weighted by Gasteiger charge is 2.26. The zero-order valence-electron chi connectivity index (χ0n) is 13.7. The van der Waals surface area contributed by atoms with Crippen LogP contribution in [0.3, 0.4) is 0 Å². The van der Waals surface area contributed by atoms with Crippen molar-refractivity contribution >= 4 is 5.78 Å². The fourth-order valence-corrected chi connectivity index (χ4v) is 3.03. The molecule has 21 heavy (non-hydrogen) atoms. The van der Waals surface area contributed by atoms with E-state index >= 15 is 0 Å². The summed E-state index contributed by atoms with van der Waals surface area (Å²) >= 11 is 0. The molecule has 1 N–H and O–H groups in total. The van der Waals surface area contributed by atoms with Crippen molar-refractivity contribution in [1.82, 2.24) is 4.90 Å². The number of likely N-dealkylation sites (tertiary alicyclic amines) is 1. The van der Waals surface area contributed by atoms with Crippen molar-refractivity contribution in [2.45, 2.75) is 52.6 Å². The molecular formula is C18H27NO2. The molecule has 0 radical (unpaired) electrons. The molecule has 1 aliphatic heterocycles. The molecule has 1 atom stereocenters. The molecule has 0 saturated carbocycles. The minimum absolute atomic E-state index is 0.192. The monoisotopic (exact) mass is 289 g/mol. The standard InChI is InChI=1S/C18H27NO2/c1-13-10-15(3)16(11-14(13)2)17(20)12-19-8-5-6-18(4,21)7-9-19/h10-11,21H,5-9,12H2,1-4H3. The summed E-state index contributed by atoms with van der Waals surface area (Å²) in [5.41, 5.74) is 3.73. The smallest absolute Gasteiger partial charge is 0.177 e. The van der Waals surface area contributed by atoms with Crippen LogP contribution < -0.4 is 0 Å². The van der Waals surface area contributed by atoms with Crippen LogP contribution in [0.5, 0.6) is 0 Å². The lowest BCUT2D eigenvalue weighted by Crippen LogP contribution is -2.32. The number of benzene rings is 1. The highest BCUT2D eigenvalue weighted by atomic mass is 16.3. The topological polar surface area (TPSA) is 40.5 Å². The van der Waals surface area contributed by atoms with Crippen LogP contribution in [0.15, 0.2) is 12.1 Å². The van der Waals surface area contributed by atoms with E-state index in [9.17, 15) is 9.90 Å². The second-order valence-corrected chi connectivity index (χ2v) is 6.80. The summed E-state index contributed by atoms with van der Waals surface area (Å²) in [7, 11) is 0. The first-order chi connectivity index (χ1) is 9.78. The lowest BCUT2D eigenvalue weighted by Gasteiger charge is -2.22. The van der Waals surface area contributed by atoms with Gasteiger partial charge in [0, 0.05) is 12.1 Å². The number of nitrogens with zero attached hydrogens (tertiary/aromatic N) is 1. The Hall–Kier alpha value is -1.19. The fourth-order valence-electron chi connectivity index (χ4n) is 3.03.